The highest BCUT2D eigenvalue weighted by Crippen LogP contribution is 2.30. The maximum atomic E-state index is 5.07. The minimum atomic E-state index is 0.818. The number of hydrogen-bond acceptors (Lipinski definition) is 5. The standard InChI is InChI=1S/C22H31N5/c1-2-8-18(9-3-1)25-14-16-27(17-15-25)22-23-20-11-5-4-10-19(20)21(24-22)26-12-6-7-13-26/h4-5,10-11,18H,1-3,6-9,12-17H2. The molecule has 3 fully saturated rings. The molecule has 1 saturated carbocycles. The lowest BCUT2D eigenvalue weighted by molar-refractivity contribution is 0.147. The van der Waals surface area contributed by atoms with Crippen LogP contribution in [0.3, 0.4) is 0 Å². The molecule has 0 amide bonds. The Kier molecular flexibility index (Phi) is 4.87. The normalized spacial score (nSPS) is 22.7. The van der Waals surface area contributed by atoms with Crippen LogP contribution in [0.2, 0.25) is 0 Å². The molecule has 0 N–H and O–H groups in total. The summed E-state index contributed by atoms with van der Waals surface area (Å²) < 4.78 is 0. The molecule has 1 aromatic carbocycles. The van der Waals surface area contributed by atoms with Gasteiger partial charge in [-0.05, 0) is 37.8 Å². The van der Waals surface area contributed by atoms with Gasteiger partial charge >= 0.3 is 0 Å². The number of piperazine rings is 1. The van der Waals surface area contributed by atoms with E-state index in [9.17, 15) is 0 Å². The molecule has 1 aliphatic carbocycles. The largest absolute Gasteiger partial charge is 0.356 e. The number of fused-ring (bicyclic) bond motifs is 1. The number of aromatic nitrogens is 2. The lowest BCUT2D eigenvalue weighted by Gasteiger charge is -2.40. The van der Waals surface area contributed by atoms with Crippen LogP contribution in [0.25, 0.3) is 10.9 Å². The molecule has 0 bridgehead atoms. The zero-order valence-electron chi connectivity index (χ0n) is 16.3. The minimum absolute atomic E-state index is 0.818. The summed E-state index contributed by atoms with van der Waals surface area (Å²) in [6.07, 6.45) is 9.59. The van der Waals surface area contributed by atoms with Gasteiger partial charge in [0.1, 0.15) is 5.82 Å². The summed E-state index contributed by atoms with van der Waals surface area (Å²) in [6.45, 7) is 6.65. The molecule has 5 heteroatoms. The van der Waals surface area contributed by atoms with Crippen LogP contribution in [0, 0.1) is 0 Å². The predicted molar refractivity (Wildman–Crippen MR) is 112 cm³/mol. The van der Waals surface area contributed by atoms with Crippen molar-refractivity contribution in [2.24, 2.45) is 0 Å². The second-order valence-corrected chi connectivity index (χ2v) is 8.37. The Hall–Kier alpha value is -1.88. The number of benzene rings is 1. The van der Waals surface area contributed by atoms with E-state index in [1.807, 2.05) is 0 Å². The molecule has 5 nitrogen and oxygen atoms in total. The summed E-state index contributed by atoms with van der Waals surface area (Å²) in [5, 5.41) is 1.20. The van der Waals surface area contributed by atoms with Gasteiger partial charge in [-0.2, -0.15) is 4.98 Å². The molecule has 144 valence electrons. The molecular weight excluding hydrogens is 334 g/mol. The summed E-state index contributed by atoms with van der Waals surface area (Å²) in [7, 11) is 0. The Morgan fingerprint density at radius 3 is 2.22 bits per heavy atom. The first-order valence-electron chi connectivity index (χ1n) is 10.9. The zero-order chi connectivity index (χ0) is 18.1. The number of anilines is 2. The van der Waals surface area contributed by atoms with Crippen molar-refractivity contribution in [1.82, 2.24) is 14.9 Å². The first kappa shape index (κ1) is 17.2. The van der Waals surface area contributed by atoms with Gasteiger partial charge in [-0.25, -0.2) is 4.98 Å². The molecule has 0 spiro atoms. The molecular formula is C22H31N5. The molecule has 2 aromatic rings. The SMILES string of the molecule is c1ccc2c(N3CCCC3)nc(N3CCN(C4CCCCC4)CC3)nc2c1. The van der Waals surface area contributed by atoms with Crippen molar-refractivity contribution in [1.29, 1.82) is 0 Å². The van der Waals surface area contributed by atoms with Crippen molar-refractivity contribution in [3.05, 3.63) is 24.3 Å². The van der Waals surface area contributed by atoms with Crippen molar-refractivity contribution < 1.29 is 0 Å². The van der Waals surface area contributed by atoms with Crippen LogP contribution in [0.15, 0.2) is 24.3 Å². The van der Waals surface area contributed by atoms with Gasteiger partial charge in [-0.3, -0.25) is 4.90 Å². The Morgan fingerprint density at radius 2 is 1.44 bits per heavy atom. The van der Waals surface area contributed by atoms with Crippen molar-refractivity contribution in [2.75, 3.05) is 49.1 Å². The van der Waals surface area contributed by atoms with Crippen LogP contribution in [0.4, 0.5) is 11.8 Å². The van der Waals surface area contributed by atoms with Crippen LogP contribution in [-0.2, 0) is 0 Å². The number of rotatable bonds is 3. The lowest BCUT2D eigenvalue weighted by Crippen LogP contribution is -2.51. The molecule has 2 saturated heterocycles. The highest BCUT2D eigenvalue weighted by Gasteiger charge is 2.27. The maximum Gasteiger partial charge on any atom is 0.227 e. The van der Waals surface area contributed by atoms with E-state index in [4.69, 9.17) is 9.97 Å². The van der Waals surface area contributed by atoms with Crippen LogP contribution in [0.1, 0.15) is 44.9 Å². The van der Waals surface area contributed by atoms with Gasteiger partial charge in [0.25, 0.3) is 0 Å². The molecule has 0 atom stereocenters. The molecule has 5 rings (SSSR count). The number of para-hydroxylation sites is 1. The first-order valence-corrected chi connectivity index (χ1v) is 10.9. The van der Waals surface area contributed by atoms with E-state index in [0.29, 0.717) is 0 Å². The Labute approximate surface area is 162 Å². The van der Waals surface area contributed by atoms with Gasteiger partial charge < -0.3 is 9.80 Å². The summed E-state index contributed by atoms with van der Waals surface area (Å²) >= 11 is 0. The van der Waals surface area contributed by atoms with E-state index < -0.39 is 0 Å². The van der Waals surface area contributed by atoms with E-state index >= 15 is 0 Å². The molecule has 0 radical (unpaired) electrons. The summed E-state index contributed by atoms with van der Waals surface area (Å²) in [5.41, 5.74) is 1.08. The Balaban J connectivity index is 1.37. The predicted octanol–water partition coefficient (Wildman–Crippen LogP) is 3.68. The molecule has 2 aliphatic heterocycles. The van der Waals surface area contributed by atoms with Gasteiger partial charge in [-0.15, -0.1) is 0 Å². The third-order valence-electron chi connectivity index (χ3n) is 6.67. The van der Waals surface area contributed by atoms with Crippen LogP contribution < -0.4 is 9.80 Å². The topological polar surface area (TPSA) is 35.5 Å². The maximum absolute atomic E-state index is 5.07. The van der Waals surface area contributed by atoms with Gasteiger partial charge in [0.15, 0.2) is 0 Å². The lowest BCUT2D eigenvalue weighted by atomic mass is 9.94. The van der Waals surface area contributed by atoms with Gasteiger partial charge in [-0.1, -0.05) is 31.4 Å². The van der Waals surface area contributed by atoms with Gasteiger partial charge in [0, 0.05) is 50.7 Å². The quantitative estimate of drug-likeness (QED) is 0.829. The van der Waals surface area contributed by atoms with Gasteiger partial charge in [0.2, 0.25) is 5.95 Å². The number of nitrogens with zero attached hydrogens (tertiary/aromatic N) is 5. The molecule has 27 heavy (non-hydrogen) atoms. The van der Waals surface area contributed by atoms with Crippen LogP contribution in [-0.4, -0.2) is 60.2 Å². The average Bonchev–Trinajstić information content (AvgIpc) is 3.28. The van der Waals surface area contributed by atoms with Gasteiger partial charge in [0.05, 0.1) is 5.52 Å². The fraction of sp³-hybridized carbons (Fsp3) is 0.636. The summed E-state index contributed by atoms with van der Waals surface area (Å²) in [4.78, 5) is 17.6. The summed E-state index contributed by atoms with van der Waals surface area (Å²) in [5.74, 6) is 2.07. The smallest absolute Gasteiger partial charge is 0.227 e. The number of hydrogen-bond donors (Lipinski definition) is 0. The van der Waals surface area contributed by atoms with Crippen LogP contribution in [0.5, 0.6) is 0 Å². The zero-order valence-corrected chi connectivity index (χ0v) is 16.3. The fourth-order valence-corrected chi connectivity index (χ4v) is 5.09. The Bertz CT molecular complexity index is 771. The first-order chi connectivity index (χ1) is 13.4. The third kappa shape index (κ3) is 3.49. The van der Waals surface area contributed by atoms with Crippen molar-refractivity contribution in [2.45, 2.75) is 51.0 Å². The second-order valence-electron chi connectivity index (χ2n) is 8.37. The van der Waals surface area contributed by atoms with E-state index in [1.165, 1.54) is 50.3 Å². The van der Waals surface area contributed by atoms with E-state index in [-0.39, 0.29) is 0 Å². The van der Waals surface area contributed by atoms with Crippen molar-refractivity contribution in [3.8, 4) is 0 Å². The highest BCUT2D eigenvalue weighted by molar-refractivity contribution is 5.90. The highest BCUT2D eigenvalue weighted by atomic mass is 15.3. The van der Waals surface area contributed by atoms with E-state index in [1.54, 1.807) is 0 Å². The average molecular weight is 366 g/mol. The monoisotopic (exact) mass is 365 g/mol. The fourth-order valence-electron chi connectivity index (χ4n) is 5.09. The molecule has 3 heterocycles. The summed E-state index contributed by atoms with van der Waals surface area (Å²) in [6, 6.07) is 9.33. The van der Waals surface area contributed by atoms with Crippen molar-refractivity contribution in [3.63, 3.8) is 0 Å². The third-order valence-corrected chi connectivity index (χ3v) is 6.67. The molecule has 1 aromatic heterocycles. The Morgan fingerprint density at radius 1 is 0.704 bits per heavy atom. The molecule has 0 unspecified atom stereocenters. The van der Waals surface area contributed by atoms with Crippen LogP contribution >= 0.6 is 0 Å². The van der Waals surface area contributed by atoms with E-state index in [0.717, 1.165) is 62.6 Å². The molecule has 3 aliphatic rings. The second kappa shape index (κ2) is 7.63. The van der Waals surface area contributed by atoms with Crippen molar-refractivity contribution >= 4 is 22.7 Å². The van der Waals surface area contributed by atoms with E-state index in [2.05, 4.69) is 39.0 Å². The minimum Gasteiger partial charge on any atom is -0.356 e.